The van der Waals surface area contributed by atoms with Gasteiger partial charge >= 0.3 is 0 Å². The van der Waals surface area contributed by atoms with Crippen LogP contribution in [0.5, 0.6) is 0 Å². The predicted molar refractivity (Wildman–Crippen MR) is 49.4 cm³/mol. The fraction of sp³-hybridized carbons (Fsp3) is 0.600. The Labute approximate surface area is 69.4 Å². The minimum Gasteiger partial charge on any atom is -0.393 e. The molecule has 1 heteroatoms. The molecular weight excluding hydrogens is 136 g/mol. The van der Waals surface area contributed by atoms with Crippen molar-refractivity contribution in [1.82, 2.24) is 0 Å². The van der Waals surface area contributed by atoms with Crippen molar-refractivity contribution in [1.29, 1.82) is 0 Å². The fourth-order valence-corrected chi connectivity index (χ4v) is 0.584. The van der Waals surface area contributed by atoms with E-state index in [1.165, 1.54) is 5.57 Å². The molecule has 1 nitrogen and oxygen atoms in total. The maximum atomic E-state index is 9.11. The monoisotopic (exact) mass is 154 g/mol. The van der Waals surface area contributed by atoms with Crippen molar-refractivity contribution in [3.8, 4) is 0 Å². The van der Waals surface area contributed by atoms with E-state index in [4.69, 9.17) is 5.11 Å². The third-order valence-corrected chi connectivity index (χ3v) is 1.61. The van der Waals surface area contributed by atoms with Gasteiger partial charge in [-0.3, -0.25) is 0 Å². The molecule has 0 aromatic carbocycles. The minimum absolute atomic E-state index is 0.241. The third-order valence-electron chi connectivity index (χ3n) is 1.61. The Morgan fingerprint density at radius 2 is 1.82 bits per heavy atom. The van der Waals surface area contributed by atoms with Crippen LogP contribution in [0.4, 0.5) is 0 Å². The Balaban J connectivity index is 3.84. The van der Waals surface area contributed by atoms with Gasteiger partial charge in [-0.15, -0.1) is 0 Å². The van der Waals surface area contributed by atoms with Crippen molar-refractivity contribution in [2.24, 2.45) is 5.92 Å². The molecule has 0 aliphatic rings. The SMILES string of the molecule is CC(C)=C/C=C/C(C)C(C)O. The van der Waals surface area contributed by atoms with Gasteiger partial charge in [0.05, 0.1) is 6.10 Å². The normalized spacial score (nSPS) is 16.5. The zero-order valence-corrected chi connectivity index (χ0v) is 7.83. The minimum atomic E-state index is -0.253. The van der Waals surface area contributed by atoms with Crippen LogP contribution in [0, 0.1) is 5.92 Å². The summed E-state index contributed by atoms with van der Waals surface area (Å²) >= 11 is 0. The predicted octanol–water partition coefficient (Wildman–Crippen LogP) is 2.53. The van der Waals surface area contributed by atoms with Crippen LogP contribution < -0.4 is 0 Å². The molecule has 64 valence electrons. The molecule has 0 fully saturated rings. The van der Waals surface area contributed by atoms with Gasteiger partial charge in [0.25, 0.3) is 0 Å². The van der Waals surface area contributed by atoms with E-state index in [9.17, 15) is 0 Å². The van der Waals surface area contributed by atoms with E-state index in [-0.39, 0.29) is 12.0 Å². The van der Waals surface area contributed by atoms with E-state index in [1.807, 2.05) is 25.2 Å². The topological polar surface area (TPSA) is 20.2 Å². The molecule has 2 atom stereocenters. The summed E-state index contributed by atoms with van der Waals surface area (Å²) in [6, 6.07) is 0. The van der Waals surface area contributed by atoms with Gasteiger partial charge in [-0.2, -0.15) is 0 Å². The van der Waals surface area contributed by atoms with Crippen molar-refractivity contribution >= 4 is 0 Å². The number of hydrogen-bond acceptors (Lipinski definition) is 1. The molecule has 0 spiro atoms. The second-order valence-corrected chi connectivity index (χ2v) is 3.23. The molecule has 1 N–H and O–H groups in total. The van der Waals surface area contributed by atoms with Crippen LogP contribution in [-0.4, -0.2) is 11.2 Å². The van der Waals surface area contributed by atoms with Crippen molar-refractivity contribution < 1.29 is 5.11 Å². The molecule has 2 unspecified atom stereocenters. The van der Waals surface area contributed by atoms with Gasteiger partial charge in [-0.1, -0.05) is 30.7 Å². The lowest BCUT2D eigenvalue weighted by Crippen LogP contribution is -2.09. The standard InChI is InChI=1S/C10H18O/c1-8(2)6-5-7-9(3)10(4)11/h5-7,9-11H,1-4H3/b7-5+. The van der Waals surface area contributed by atoms with Crippen molar-refractivity contribution in [2.75, 3.05) is 0 Å². The van der Waals surface area contributed by atoms with Crippen molar-refractivity contribution in [3.63, 3.8) is 0 Å². The molecule has 0 bridgehead atoms. The number of rotatable bonds is 3. The van der Waals surface area contributed by atoms with E-state index in [0.29, 0.717) is 0 Å². The lowest BCUT2D eigenvalue weighted by atomic mass is 10.1. The summed E-state index contributed by atoms with van der Waals surface area (Å²) in [7, 11) is 0. The van der Waals surface area contributed by atoms with E-state index >= 15 is 0 Å². The van der Waals surface area contributed by atoms with Crippen LogP contribution in [0.3, 0.4) is 0 Å². The van der Waals surface area contributed by atoms with Gasteiger partial charge < -0.3 is 5.11 Å². The largest absolute Gasteiger partial charge is 0.393 e. The summed E-state index contributed by atoms with van der Waals surface area (Å²) in [6.45, 7) is 7.91. The average molecular weight is 154 g/mol. The first-order valence-electron chi connectivity index (χ1n) is 4.03. The van der Waals surface area contributed by atoms with E-state index in [0.717, 1.165) is 0 Å². The fourth-order valence-electron chi connectivity index (χ4n) is 0.584. The molecule has 0 aliphatic heterocycles. The summed E-state index contributed by atoms with van der Waals surface area (Å²) in [4.78, 5) is 0. The highest BCUT2D eigenvalue weighted by atomic mass is 16.3. The van der Waals surface area contributed by atoms with Crippen LogP contribution in [-0.2, 0) is 0 Å². The molecule has 0 rings (SSSR count). The van der Waals surface area contributed by atoms with Gasteiger partial charge in [0.15, 0.2) is 0 Å². The smallest absolute Gasteiger partial charge is 0.0572 e. The lowest BCUT2D eigenvalue weighted by Gasteiger charge is -2.07. The quantitative estimate of drug-likeness (QED) is 0.619. The van der Waals surface area contributed by atoms with Crippen LogP contribution in [0.25, 0.3) is 0 Å². The van der Waals surface area contributed by atoms with E-state index < -0.39 is 0 Å². The first-order chi connectivity index (χ1) is 5.04. The highest BCUT2D eigenvalue weighted by Gasteiger charge is 2.01. The molecule has 0 heterocycles. The number of allylic oxidation sites excluding steroid dienone is 3. The van der Waals surface area contributed by atoms with Crippen LogP contribution in [0.2, 0.25) is 0 Å². The third kappa shape index (κ3) is 5.86. The molecule has 11 heavy (non-hydrogen) atoms. The molecule has 0 saturated carbocycles. The second kappa shape index (κ2) is 5.14. The maximum Gasteiger partial charge on any atom is 0.0572 e. The Bertz CT molecular complexity index is 150. The van der Waals surface area contributed by atoms with Crippen molar-refractivity contribution in [2.45, 2.75) is 33.8 Å². The Hall–Kier alpha value is -0.560. The first kappa shape index (κ1) is 10.4. The maximum absolute atomic E-state index is 9.11. The zero-order valence-electron chi connectivity index (χ0n) is 7.83. The van der Waals surface area contributed by atoms with Crippen molar-refractivity contribution in [3.05, 3.63) is 23.8 Å². The highest BCUT2D eigenvalue weighted by molar-refractivity contribution is 5.09. The number of aliphatic hydroxyl groups is 1. The van der Waals surface area contributed by atoms with Gasteiger partial charge in [-0.25, -0.2) is 0 Å². The van der Waals surface area contributed by atoms with Gasteiger partial charge in [0, 0.05) is 0 Å². The van der Waals surface area contributed by atoms with Gasteiger partial charge in [0.1, 0.15) is 0 Å². The average Bonchev–Trinajstić information content (AvgIpc) is 1.86. The summed E-state index contributed by atoms with van der Waals surface area (Å²) < 4.78 is 0. The van der Waals surface area contributed by atoms with E-state index in [2.05, 4.69) is 13.8 Å². The molecule has 0 aromatic heterocycles. The summed E-state index contributed by atoms with van der Waals surface area (Å²) in [5.41, 5.74) is 1.28. The Morgan fingerprint density at radius 1 is 1.27 bits per heavy atom. The Kier molecular flexibility index (Phi) is 4.88. The lowest BCUT2D eigenvalue weighted by molar-refractivity contribution is 0.157. The highest BCUT2D eigenvalue weighted by Crippen LogP contribution is 2.03. The Morgan fingerprint density at radius 3 is 2.18 bits per heavy atom. The zero-order chi connectivity index (χ0) is 8.85. The van der Waals surface area contributed by atoms with Crippen LogP contribution >= 0.6 is 0 Å². The summed E-state index contributed by atoms with van der Waals surface area (Å²) in [6.07, 6.45) is 5.79. The van der Waals surface area contributed by atoms with E-state index in [1.54, 1.807) is 6.92 Å². The molecule has 0 aromatic rings. The van der Waals surface area contributed by atoms with Gasteiger partial charge in [0.2, 0.25) is 0 Å². The summed E-state index contributed by atoms with van der Waals surface area (Å²) in [5.74, 6) is 0.241. The number of aliphatic hydroxyl groups excluding tert-OH is 1. The van der Waals surface area contributed by atoms with Crippen LogP contribution in [0.15, 0.2) is 23.8 Å². The van der Waals surface area contributed by atoms with Crippen LogP contribution in [0.1, 0.15) is 27.7 Å². The number of hydrogen-bond donors (Lipinski definition) is 1. The molecule has 0 saturated heterocycles. The summed E-state index contributed by atoms with van der Waals surface area (Å²) in [5, 5.41) is 9.11. The molecule has 0 amide bonds. The first-order valence-corrected chi connectivity index (χ1v) is 4.03. The molecule has 0 aliphatic carbocycles. The van der Waals surface area contributed by atoms with Gasteiger partial charge in [-0.05, 0) is 26.7 Å². The molecular formula is C10H18O. The second-order valence-electron chi connectivity index (χ2n) is 3.23. The molecule has 0 radical (unpaired) electrons.